The number of rotatable bonds is 5. The molecule has 7 heteroatoms. The molecule has 3 rings (SSSR count). The molecule has 0 spiro atoms. The maximum atomic E-state index is 11.9. The normalized spacial score (nSPS) is 23.0. The maximum Gasteiger partial charge on any atom is 0.409 e. The van der Waals surface area contributed by atoms with Crippen LogP contribution in [0.5, 0.6) is 0 Å². The van der Waals surface area contributed by atoms with Crippen molar-refractivity contribution in [1.82, 2.24) is 15.1 Å². The van der Waals surface area contributed by atoms with Crippen molar-refractivity contribution in [3.05, 3.63) is 35.9 Å². The fraction of sp³-hybridized carbons (Fsp3) is 0.636. The average Bonchev–Trinajstić information content (AvgIpc) is 2.78. The summed E-state index contributed by atoms with van der Waals surface area (Å²) in [4.78, 5) is 20.9. The molecule has 2 aliphatic rings. The van der Waals surface area contributed by atoms with Gasteiger partial charge in [0.25, 0.3) is 0 Å². The van der Waals surface area contributed by atoms with E-state index in [0.717, 1.165) is 51.6 Å². The molecule has 2 atom stereocenters. The Labute approximate surface area is 174 Å². The molecule has 1 aromatic carbocycles. The predicted molar refractivity (Wildman–Crippen MR) is 114 cm³/mol. The van der Waals surface area contributed by atoms with Crippen LogP contribution in [0.25, 0.3) is 0 Å². The fourth-order valence-corrected chi connectivity index (χ4v) is 3.99. The number of benzene rings is 1. The number of aliphatic imine (C=N–C) groups is 1. The van der Waals surface area contributed by atoms with E-state index in [2.05, 4.69) is 41.4 Å². The largest absolute Gasteiger partial charge is 0.450 e. The molecule has 2 heterocycles. The van der Waals surface area contributed by atoms with Gasteiger partial charge in [0.2, 0.25) is 0 Å². The van der Waals surface area contributed by atoms with Crippen LogP contribution in [0.1, 0.15) is 38.4 Å². The van der Waals surface area contributed by atoms with Gasteiger partial charge >= 0.3 is 6.09 Å². The molecule has 2 saturated heterocycles. The molecule has 7 nitrogen and oxygen atoms in total. The summed E-state index contributed by atoms with van der Waals surface area (Å²) in [5.41, 5.74) is 1.24. The van der Waals surface area contributed by atoms with Crippen molar-refractivity contribution in [3.63, 3.8) is 0 Å². The van der Waals surface area contributed by atoms with Gasteiger partial charge in [0.05, 0.1) is 12.7 Å². The van der Waals surface area contributed by atoms with E-state index in [9.17, 15) is 4.79 Å². The van der Waals surface area contributed by atoms with Crippen LogP contribution in [-0.2, 0) is 9.47 Å². The van der Waals surface area contributed by atoms with Crippen LogP contribution >= 0.6 is 0 Å². The molecule has 1 amide bonds. The molecule has 2 unspecified atom stereocenters. The second-order valence-electron chi connectivity index (χ2n) is 7.47. The minimum atomic E-state index is -0.223. The Kier molecular flexibility index (Phi) is 8.16. The molecule has 2 fully saturated rings. The summed E-state index contributed by atoms with van der Waals surface area (Å²) >= 11 is 0. The van der Waals surface area contributed by atoms with Gasteiger partial charge in [-0.25, -0.2) is 4.79 Å². The first-order chi connectivity index (χ1) is 14.2. The SMILES string of the molecule is CCNC(=NCC1CCCOC1c1ccccc1)N1CCN(C(=O)OCC)CC1. The fourth-order valence-electron chi connectivity index (χ4n) is 3.99. The van der Waals surface area contributed by atoms with Gasteiger partial charge in [0, 0.05) is 51.8 Å². The van der Waals surface area contributed by atoms with Gasteiger partial charge in [-0.15, -0.1) is 0 Å². The van der Waals surface area contributed by atoms with Gasteiger partial charge in [-0.1, -0.05) is 30.3 Å². The number of piperazine rings is 1. The third-order valence-electron chi connectivity index (χ3n) is 5.49. The number of nitrogens with one attached hydrogen (secondary N) is 1. The first kappa shape index (κ1) is 21.4. The monoisotopic (exact) mass is 402 g/mol. The van der Waals surface area contributed by atoms with Gasteiger partial charge in [-0.05, 0) is 32.3 Å². The zero-order valence-electron chi connectivity index (χ0n) is 17.7. The zero-order valence-corrected chi connectivity index (χ0v) is 17.7. The van der Waals surface area contributed by atoms with Crippen molar-refractivity contribution >= 4 is 12.1 Å². The highest BCUT2D eigenvalue weighted by atomic mass is 16.6. The topological polar surface area (TPSA) is 66.4 Å². The van der Waals surface area contributed by atoms with Crippen molar-refractivity contribution in [1.29, 1.82) is 0 Å². The summed E-state index contributed by atoms with van der Waals surface area (Å²) in [7, 11) is 0. The quantitative estimate of drug-likeness (QED) is 0.606. The predicted octanol–water partition coefficient (Wildman–Crippen LogP) is 2.89. The van der Waals surface area contributed by atoms with Crippen molar-refractivity contribution in [2.24, 2.45) is 10.9 Å². The van der Waals surface area contributed by atoms with Gasteiger partial charge in [-0.2, -0.15) is 0 Å². The molecule has 1 aromatic rings. The Morgan fingerprint density at radius 2 is 1.90 bits per heavy atom. The Balaban J connectivity index is 1.62. The van der Waals surface area contributed by atoms with Gasteiger partial charge in [0.15, 0.2) is 5.96 Å². The Hall–Kier alpha value is -2.28. The lowest BCUT2D eigenvalue weighted by atomic mass is 9.89. The lowest BCUT2D eigenvalue weighted by molar-refractivity contribution is -0.0251. The van der Waals surface area contributed by atoms with Crippen molar-refractivity contribution in [2.75, 3.05) is 52.5 Å². The summed E-state index contributed by atoms with van der Waals surface area (Å²) in [6.45, 7) is 9.53. The molecule has 2 aliphatic heterocycles. The Morgan fingerprint density at radius 3 is 2.59 bits per heavy atom. The minimum Gasteiger partial charge on any atom is -0.450 e. The van der Waals surface area contributed by atoms with Crippen molar-refractivity contribution in [2.45, 2.75) is 32.8 Å². The average molecular weight is 403 g/mol. The van der Waals surface area contributed by atoms with E-state index in [1.165, 1.54) is 5.56 Å². The molecule has 29 heavy (non-hydrogen) atoms. The second-order valence-corrected chi connectivity index (χ2v) is 7.47. The van der Waals surface area contributed by atoms with Gasteiger partial charge < -0.3 is 24.6 Å². The van der Waals surface area contributed by atoms with Gasteiger partial charge in [0.1, 0.15) is 0 Å². The molecule has 0 radical (unpaired) electrons. The molecule has 0 saturated carbocycles. The van der Waals surface area contributed by atoms with E-state index in [1.807, 2.05) is 13.0 Å². The number of hydrogen-bond donors (Lipinski definition) is 1. The number of carbonyl (C=O) groups excluding carboxylic acids is 1. The highest BCUT2D eigenvalue weighted by Crippen LogP contribution is 2.33. The molecular weight excluding hydrogens is 368 g/mol. The third-order valence-corrected chi connectivity index (χ3v) is 5.49. The Bertz CT molecular complexity index is 659. The van der Waals surface area contributed by atoms with E-state index >= 15 is 0 Å². The molecule has 160 valence electrons. The van der Waals surface area contributed by atoms with Crippen LogP contribution in [0, 0.1) is 5.92 Å². The van der Waals surface area contributed by atoms with E-state index in [4.69, 9.17) is 14.5 Å². The number of ether oxygens (including phenoxy) is 2. The van der Waals surface area contributed by atoms with Crippen LogP contribution in [0.4, 0.5) is 4.79 Å². The minimum absolute atomic E-state index is 0.109. The first-order valence-corrected chi connectivity index (χ1v) is 10.8. The van der Waals surface area contributed by atoms with E-state index in [1.54, 1.807) is 4.90 Å². The number of nitrogens with zero attached hydrogens (tertiary/aromatic N) is 3. The lowest BCUT2D eigenvalue weighted by Crippen LogP contribution is -2.54. The number of amides is 1. The summed E-state index contributed by atoms with van der Waals surface area (Å²) in [6.07, 6.45) is 2.09. The third kappa shape index (κ3) is 5.85. The lowest BCUT2D eigenvalue weighted by Gasteiger charge is -2.36. The molecular formula is C22H34N4O3. The molecule has 0 aliphatic carbocycles. The number of hydrogen-bond acceptors (Lipinski definition) is 4. The first-order valence-electron chi connectivity index (χ1n) is 10.8. The summed E-state index contributed by atoms with van der Waals surface area (Å²) < 4.78 is 11.2. The smallest absolute Gasteiger partial charge is 0.409 e. The highest BCUT2D eigenvalue weighted by Gasteiger charge is 2.28. The molecule has 0 aromatic heterocycles. The maximum absolute atomic E-state index is 11.9. The van der Waals surface area contributed by atoms with E-state index in [0.29, 0.717) is 25.6 Å². The van der Waals surface area contributed by atoms with Crippen LogP contribution < -0.4 is 5.32 Å². The summed E-state index contributed by atoms with van der Waals surface area (Å²) in [5, 5.41) is 3.42. The highest BCUT2D eigenvalue weighted by molar-refractivity contribution is 5.80. The molecule has 0 bridgehead atoms. The van der Waals surface area contributed by atoms with Crippen LogP contribution in [-0.4, -0.2) is 74.3 Å². The second kappa shape index (κ2) is 11.0. The van der Waals surface area contributed by atoms with Crippen LogP contribution in [0.15, 0.2) is 35.3 Å². The van der Waals surface area contributed by atoms with E-state index in [-0.39, 0.29) is 12.2 Å². The van der Waals surface area contributed by atoms with Crippen LogP contribution in [0.2, 0.25) is 0 Å². The number of guanidine groups is 1. The zero-order chi connectivity index (χ0) is 20.5. The number of carbonyl (C=O) groups is 1. The standard InChI is InChI=1S/C22H34N4O3/c1-3-23-21(25-12-14-26(15-13-25)22(27)28-4-2)24-17-19-11-8-16-29-20(19)18-9-6-5-7-10-18/h5-7,9-10,19-20H,3-4,8,11-17H2,1-2H3,(H,23,24). The van der Waals surface area contributed by atoms with Gasteiger partial charge in [-0.3, -0.25) is 4.99 Å². The van der Waals surface area contributed by atoms with E-state index < -0.39 is 0 Å². The van der Waals surface area contributed by atoms with Crippen molar-refractivity contribution in [3.8, 4) is 0 Å². The summed E-state index contributed by atoms with van der Waals surface area (Å²) in [6, 6.07) is 10.5. The van der Waals surface area contributed by atoms with Crippen LogP contribution in [0.3, 0.4) is 0 Å². The summed E-state index contributed by atoms with van der Waals surface area (Å²) in [5.74, 6) is 1.30. The molecule has 1 N–H and O–H groups in total. The van der Waals surface area contributed by atoms with Crippen molar-refractivity contribution < 1.29 is 14.3 Å². The Morgan fingerprint density at radius 1 is 1.17 bits per heavy atom.